The smallest absolute Gasteiger partial charge is 0.408 e. The van der Waals surface area contributed by atoms with E-state index in [0.717, 1.165) is 12.0 Å². The van der Waals surface area contributed by atoms with Crippen LogP contribution in [0.15, 0.2) is 30.3 Å². The molecule has 0 aliphatic carbocycles. The van der Waals surface area contributed by atoms with Gasteiger partial charge in [-0.2, -0.15) is 0 Å². The van der Waals surface area contributed by atoms with Crippen molar-refractivity contribution in [2.45, 2.75) is 78.5 Å². The maximum absolute atomic E-state index is 12.9. The maximum atomic E-state index is 12.9. The van der Waals surface area contributed by atoms with Gasteiger partial charge in [-0.1, -0.05) is 63.9 Å². The van der Waals surface area contributed by atoms with Crippen LogP contribution in [0.4, 0.5) is 4.79 Å². The first kappa shape index (κ1) is 27.1. The topological polar surface area (TPSA) is 111 Å². The SMILES string of the molecule is CCCC[C@H](NC(=O)[C@H](CC(C)C)NC(=O)OCc1ccccc1)C(=O)CC(=O)OCC. The average Bonchev–Trinajstić information content (AvgIpc) is 2.75. The zero-order valence-corrected chi connectivity index (χ0v) is 19.5. The molecular weight excluding hydrogens is 412 g/mol. The number of ketones is 1. The third-order valence-electron chi connectivity index (χ3n) is 4.70. The summed E-state index contributed by atoms with van der Waals surface area (Å²) in [6.07, 6.45) is 1.22. The molecule has 2 atom stereocenters. The lowest BCUT2D eigenvalue weighted by atomic mass is 10.00. The molecule has 0 saturated heterocycles. The lowest BCUT2D eigenvalue weighted by molar-refractivity contribution is -0.146. The van der Waals surface area contributed by atoms with Crippen LogP contribution in [-0.4, -0.2) is 42.4 Å². The standard InChI is InChI=1S/C24H36N2O6/c1-5-7-13-19(21(27)15-22(28)31-6-2)25-23(29)20(14-17(3)4)26-24(30)32-16-18-11-9-8-10-12-18/h8-12,17,19-20H,5-7,13-16H2,1-4H3,(H,25,29)(H,26,30)/t19-,20-/m0/s1. The summed E-state index contributed by atoms with van der Waals surface area (Å²) in [4.78, 5) is 49.5. The molecule has 0 spiro atoms. The highest BCUT2D eigenvalue weighted by Gasteiger charge is 2.28. The summed E-state index contributed by atoms with van der Waals surface area (Å²) in [5, 5.41) is 5.32. The molecule has 1 rings (SSSR count). The largest absolute Gasteiger partial charge is 0.466 e. The fourth-order valence-electron chi connectivity index (χ4n) is 3.08. The molecule has 0 fully saturated rings. The van der Waals surface area contributed by atoms with Crippen molar-refractivity contribution < 1.29 is 28.7 Å². The zero-order valence-electron chi connectivity index (χ0n) is 19.5. The van der Waals surface area contributed by atoms with E-state index in [1.54, 1.807) is 6.92 Å². The first-order valence-electron chi connectivity index (χ1n) is 11.2. The van der Waals surface area contributed by atoms with Gasteiger partial charge in [0.2, 0.25) is 5.91 Å². The van der Waals surface area contributed by atoms with Crippen LogP contribution in [0.3, 0.4) is 0 Å². The normalized spacial score (nSPS) is 12.5. The van der Waals surface area contributed by atoms with E-state index < -0.39 is 42.3 Å². The number of carbonyl (C=O) groups is 4. The van der Waals surface area contributed by atoms with E-state index in [1.165, 1.54) is 0 Å². The molecular formula is C24H36N2O6. The molecule has 0 heterocycles. The van der Waals surface area contributed by atoms with Crippen LogP contribution in [-0.2, 0) is 30.5 Å². The Labute approximate surface area is 190 Å². The van der Waals surface area contributed by atoms with Gasteiger partial charge in [0.15, 0.2) is 5.78 Å². The summed E-state index contributed by atoms with van der Waals surface area (Å²) < 4.78 is 10.1. The molecule has 8 heteroatoms. The number of unbranched alkanes of at least 4 members (excludes halogenated alkanes) is 1. The summed E-state index contributed by atoms with van der Waals surface area (Å²) in [6, 6.07) is 7.54. The Bertz CT molecular complexity index is 735. The predicted molar refractivity (Wildman–Crippen MR) is 121 cm³/mol. The van der Waals surface area contributed by atoms with Crippen LogP contribution in [0.2, 0.25) is 0 Å². The van der Waals surface area contributed by atoms with Crippen LogP contribution in [0.5, 0.6) is 0 Å². The lowest BCUT2D eigenvalue weighted by Gasteiger charge is -2.23. The minimum absolute atomic E-state index is 0.0832. The highest BCUT2D eigenvalue weighted by molar-refractivity contribution is 6.00. The van der Waals surface area contributed by atoms with Crippen LogP contribution < -0.4 is 10.6 Å². The summed E-state index contributed by atoms with van der Waals surface area (Å²) in [6.45, 7) is 7.76. The van der Waals surface area contributed by atoms with Gasteiger partial charge in [-0.3, -0.25) is 14.4 Å². The minimum Gasteiger partial charge on any atom is -0.466 e. The van der Waals surface area contributed by atoms with E-state index in [-0.39, 0.29) is 19.1 Å². The number of esters is 1. The van der Waals surface area contributed by atoms with Crippen molar-refractivity contribution in [1.82, 2.24) is 10.6 Å². The summed E-state index contributed by atoms with van der Waals surface area (Å²) in [5.41, 5.74) is 0.830. The number of hydrogen-bond donors (Lipinski definition) is 2. The van der Waals surface area contributed by atoms with Gasteiger partial charge in [0.05, 0.1) is 12.6 Å². The molecule has 0 aliphatic heterocycles. The Hall–Kier alpha value is -2.90. The number of alkyl carbamates (subject to hydrolysis) is 1. The molecule has 0 aromatic heterocycles. The number of Topliss-reactive ketones (excluding diaryl/α,β-unsaturated/α-hetero) is 1. The summed E-state index contributed by atoms with van der Waals surface area (Å²) in [5.74, 6) is -1.38. The first-order chi connectivity index (χ1) is 15.3. The van der Waals surface area contributed by atoms with E-state index in [0.29, 0.717) is 19.3 Å². The molecule has 32 heavy (non-hydrogen) atoms. The molecule has 0 bridgehead atoms. The Balaban J connectivity index is 2.77. The van der Waals surface area contributed by atoms with Gasteiger partial charge in [-0.25, -0.2) is 4.79 Å². The van der Waals surface area contributed by atoms with Crippen molar-refractivity contribution in [2.24, 2.45) is 5.92 Å². The van der Waals surface area contributed by atoms with Gasteiger partial charge in [-0.15, -0.1) is 0 Å². The second-order valence-electron chi connectivity index (χ2n) is 8.04. The highest BCUT2D eigenvalue weighted by Crippen LogP contribution is 2.10. The van der Waals surface area contributed by atoms with Crippen LogP contribution in [0.1, 0.15) is 65.4 Å². The predicted octanol–water partition coefficient (Wildman–Crippen LogP) is 3.52. The van der Waals surface area contributed by atoms with Gasteiger partial charge in [0, 0.05) is 0 Å². The lowest BCUT2D eigenvalue weighted by Crippen LogP contribution is -2.52. The van der Waals surface area contributed by atoms with Crippen molar-refractivity contribution in [2.75, 3.05) is 6.61 Å². The van der Waals surface area contributed by atoms with Gasteiger partial charge >= 0.3 is 12.1 Å². The Morgan fingerprint density at radius 3 is 2.22 bits per heavy atom. The fraction of sp³-hybridized carbons (Fsp3) is 0.583. The second-order valence-corrected chi connectivity index (χ2v) is 8.04. The summed E-state index contributed by atoms with van der Waals surface area (Å²) in [7, 11) is 0. The fourth-order valence-corrected chi connectivity index (χ4v) is 3.08. The Morgan fingerprint density at radius 1 is 0.938 bits per heavy atom. The number of hydrogen-bond acceptors (Lipinski definition) is 6. The number of benzene rings is 1. The average molecular weight is 449 g/mol. The molecule has 0 radical (unpaired) electrons. The molecule has 2 amide bonds. The third kappa shape index (κ3) is 10.9. The number of ether oxygens (including phenoxy) is 2. The molecule has 1 aromatic rings. The highest BCUT2D eigenvalue weighted by atomic mass is 16.5. The first-order valence-corrected chi connectivity index (χ1v) is 11.2. The van der Waals surface area contributed by atoms with E-state index in [4.69, 9.17) is 9.47 Å². The molecule has 1 aromatic carbocycles. The molecule has 2 N–H and O–H groups in total. The van der Waals surface area contributed by atoms with E-state index in [2.05, 4.69) is 10.6 Å². The Kier molecular flexibility index (Phi) is 12.7. The van der Waals surface area contributed by atoms with Gasteiger partial charge in [-0.05, 0) is 31.2 Å². The number of nitrogens with one attached hydrogen (secondary N) is 2. The van der Waals surface area contributed by atoms with Gasteiger partial charge in [0.25, 0.3) is 0 Å². The monoisotopic (exact) mass is 448 g/mol. The number of carbonyl (C=O) groups excluding carboxylic acids is 4. The van der Waals surface area contributed by atoms with Crippen molar-refractivity contribution in [3.63, 3.8) is 0 Å². The van der Waals surface area contributed by atoms with Crippen molar-refractivity contribution in [3.05, 3.63) is 35.9 Å². The zero-order chi connectivity index (χ0) is 23.9. The van der Waals surface area contributed by atoms with Crippen LogP contribution >= 0.6 is 0 Å². The van der Waals surface area contributed by atoms with Crippen LogP contribution in [0, 0.1) is 5.92 Å². The quantitative estimate of drug-likeness (QED) is 0.333. The second kappa shape index (κ2) is 15.0. The molecule has 0 aliphatic rings. The molecule has 8 nitrogen and oxygen atoms in total. The van der Waals surface area contributed by atoms with E-state index in [1.807, 2.05) is 51.1 Å². The van der Waals surface area contributed by atoms with Crippen molar-refractivity contribution >= 4 is 23.8 Å². The number of rotatable bonds is 14. The van der Waals surface area contributed by atoms with Crippen molar-refractivity contribution in [1.29, 1.82) is 0 Å². The number of amides is 2. The third-order valence-corrected chi connectivity index (χ3v) is 4.70. The Morgan fingerprint density at radius 2 is 1.62 bits per heavy atom. The summed E-state index contributed by atoms with van der Waals surface area (Å²) >= 11 is 0. The van der Waals surface area contributed by atoms with Crippen molar-refractivity contribution in [3.8, 4) is 0 Å². The molecule has 0 unspecified atom stereocenters. The minimum atomic E-state index is -0.863. The molecule has 0 saturated carbocycles. The van der Waals surface area contributed by atoms with E-state index in [9.17, 15) is 19.2 Å². The maximum Gasteiger partial charge on any atom is 0.408 e. The van der Waals surface area contributed by atoms with Gasteiger partial charge < -0.3 is 20.1 Å². The van der Waals surface area contributed by atoms with Gasteiger partial charge in [0.1, 0.15) is 19.1 Å². The van der Waals surface area contributed by atoms with E-state index >= 15 is 0 Å². The van der Waals surface area contributed by atoms with Crippen LogP contribution in [0.25, 0.3) is 0 Å². The molecule has 178 valence electrons.